The maximum Gasteiger partial charge on any atom is 0.314 e. The van der Waals surface area contributed by atoms with Gasteiger partial charge in [-0.3, -0.25) is 0 Å². The predicted molar refractivity (Wildman–Crippen MR) is 53.7 cm³/mol. The lowest BCUT2D eigenvalue weighted by molar-refractivity contribution is 0.405. The van der Waals surface area contributed by atoms with Crippen LogP contribution in [0.4, 0.5) is 0 Å². The van der Waals surface area contributed by atoms with Gasteiger partial charge in [0.1, 0.15) is 5.75 Å². The maximum absolute atomic E-state index is 5.08. The number of H-pyrrole nitrogens is 1. The maximum atomic E-state index is 5.08. The molecule has 0 radical (unpaired) electrons. The fraction of sp³-hybridized carbons (Fsp3) is 0.111. The van der Waals surface area contributed by atoms with Crippen molar-refractivity contribution >= 4 is 12.2 Å². The van der Waals surface area contributed by atoms with E-state index in [1.165, 1.54) is 0 Å². The lowest BCUT2D eigenvalue weighted by atomic mass is 10.2. The minimum absolute atomic E-state index is 0.197. The molecule has 0 aliphatic carbocycles. The summed E-state index contributed by atoms with van der Waals surface area (Å²) in [5.74, 6) is 1.37. The van der Waals surface area contributed by atoms with Crippen LogP contribution in [0, 0.1) is 4.84 Å². The average Bonchev–Trinajstić information content (AvgIpc) is 2.65. The zero-order chi connectivity index (χ0) is 9.97. The van der Waals surface area contributed by atoms with Gasteiger partial charge >= 0.3 is 4.84 Å². The second kappa shape index (κ2) is 3.63. The summed E-state index contributed by atoms with van der Waals surface area (Å²) in [6, 6.07) is 7.48. The first-order valence-corrected chi connectivity index (χ1v) is 4.40. The van der Waals surface area contributed by atoms with E-state index in [0.29, 0.717) is 5.82 Å². The summed E-state index contributed by atoms with van der Waals surface area (Å²) in [5, 5.41) is 2.63. The molecular weight excluding hydrogens is 200 g/mol. The molecule has 1 aromatic carbocycles. The molecule has 0 saturated heterocycles. The minimum Gasteiger partial charge on any atom is -0.497 e. The SMILES string of the molecule is COc1cccc(-c2nc(=S)o[nH]2)c1. The fourth-order valence-corrected chi connectivity index (χ4v) is 1.26. The van der Waals surface area contributed by atoms with Crippen molar-refractivity contribution < 1.29 is 9.26 Å². The summed E-state index contributed by atoms with van der Waals surface area (Å²) >= 11 is 4.75. The van der Waals surface area contributed by atoms with E-state index < -0.39 is 0 Å². The molecular formula is C9H8N2O2S. The third kappa shape index (κ3) is 1.67. The smallest absolute Gasteiger partial charge is 0.314 e. The molecule has 0 atom stereocenters. The van der Waals surface area contributed by atoms with Crippen molar-refractivity contribution in [2.75, 3.05) is 7.11 Å². The van der Waals surface area contributed by atoms with Gasteiger partial charge in [0.15, 0.2) is 5.82 Å². The van der Waals surface area contributed by atoms with E-state index in [-0.39, 0.29) is 4.84 Å². The van der Waals surface area contributed by atoms with Gasteiger partial charge in [-0.25, -0.2) is 5.16 Å². The summed E-state index contributed by atoms with van der Waals surface area (Å²) in [4.78, 5) is 4.19. The molecule has 1 N–H and O–H groups in total. The van der Waals surface area contributed by atoms with Crippen LogP contribution in [0.2, 0.25) is 0 Å². The third-order valence-electron chi connectivity index (χ3n) is 1.78. The van der Waals surface area contributed by atoms with Gasteiger partial charge in [0.2, 0.25) is 0 Å². The summed E-state index contributed by atoms with van der Waals surface area (Å²) in [7, 11) is 1.62. The molecule has 4 nitrogen and oxygen atoms in total. The van der Waals surface area contributed by atoms with Crippen LogP contribution >= 0.6 is 12.2 Å². The van der Waals surface area contributed by atoms with E-state index in [4.69, 9.17) is 21.5 Å². The summed E-state index contributed by atoms with van der Waals surface area (Å²) in [5.41, 5.74) is 0.879. The number of nitrogens with zero attached hydrogens (tertiary/aromatic N) is 1. The molecule has 1 aromatic heterocycles. The number of benzene rings is 1. The van der Waals surface area contributed by atoms with E-state index in [1.807, 2.05) is 24.3 Å². The van der Waals surface area contributed by atoms with Crippen LogP contribution in [0.3, 0.4) is 0 Å². The van der Waals surface area contributed by atoms with Crippen molar-refractivity contribution in [3.63, 3.8) is 0 Å². The van der Waals surface area contributed by atoms with Gasteiger partial charge < -0.3 is 9.26 Å². The second-order valence-corrected chi connectivity index (χ2v) is 3.01. The van der Waals surface area contributed by atoms with Crippen LogP contribution in [-0.2, 0) is 0 Å². The second-order valence-electron chi connectivity index (χ2n) is 2.66. The standard InChI is InChI=1S/C9H8N2O2S/c1-12-7-4-2-3-6(5-7)8-10-9(14)13-11-8/h2-5H,1H3,(H,10,11,14). The Morgan fingerprint density at radius 2 is 2.36 bits per heavy atom. The number of ether oxygens (including phenoxy) is 1. The molecule has 0 bridgehead atoms. The molecule has 0 amide bonds. The highest BCUT2D eigenvalue weighted by Gasteiger charge is 2.02. The molecule has 2 aromatic rings. The summed E-state index contributed by atoms with van der Waals surface area (Å²) in [6.07, 6.45) is 0. The van der Waals surface area contributed by atoms with Crippen molar-refractivity contribution in [3.8, 4) is 17.1 Å². The highest BCUT2D eigenvalue weighted by atomic mass is 32.1. The molecule has 14 heavy (non-hydrogen) atoms. The van der Waals surface area contributed by atoms with Gasteiger partial charge in [-0.1, -0.05) is 12.1 Å². The number of hydrogen-bond donors (Lipinski definition) is 1. The van der Waals surface area contributed by atoms with Gasteiger partial charge in [0, 0.05) is 5.56 Å². The minimum atomic E-state index is 0.197. The first-order valence-electron chi connectivity index (χ1n) is 3.99. The number of aromatic nitrogens is 2. The highest BCUT2D eigenvalue weighted by Crippen LogP contribution is 2.20. The number of methoxy groups -OCH3 is 1. The Hall–Kier alpha value is -1.62. The first kappa shape index (κ1) is 8.96. The Bertz CT molecular complexity index is 489. The van der Waals surface area contributed by atoms with Crippen LogP contribution < -0.4 is 4.74 Å². The van der Waals surface area contributed by atoms with Crippen molar-refractivity contribution in [2.45, 2.75) is 0 Å². The fourth-order valence-electron chi connectivity index (χ4n) is 1.12. The zero-order valence-corrected chi connectivity index (χ0v) is 8.30. The molecule has 72 valence electrons. The molecule has 2 rings (SSSR count). The van der Waals surface area contributed by atoms with Crippen LogP contribution in [0.1, 0.15) is 0 Å². The van der Waals surface area contributed by atoms with Gasteiger partial charge in [0.05, 0.1) is 7.11 Å². The van der Waals surface area contributed by atoms with E-state index in [9.17, 15) is 0 Å². The summed E-state index contributed by atoms with van der Waals surface area (Å²) in [6.45, 7) is 0. The Kier molecular flexibility index (Phi) is 2.32. The largest absolute Gasteiger partial charge is 0.497 e. The van der Waals surface area contributed by atoms with Gasteiger partial charge in [-0.05, 0) is 24.4 Å². The molecule has 0 unspecified atom stereocenters. The van der Waals surface area contributed by atoms with Crippen LogP contribution in [0.15, 0.2) is 28.8 Å². The zero-order valence-electron chi connectivity index (χ0n) is 7.48. The molecule has 0 saturated carbocycles. The van der Waals surface area contributed by atoms with E-state index in [1.54, 1.807) is 7.11 Å². The quantitative estimate of drug-likeness (QED) is 0.770. The number of nitrogens with one attached hydrogen (secondary N) is 1. The van der Waals surface area contributed by atoms with Crippen LogP contribution in [-0.4, -0.2) is 17.3 Å². The molecule has 0 spiro atoms. The Balaban J connectivity index is 2.46. The molecule has 0 fully saturated rings. The van der Waals surface area contributed by atoms with Crippen LogP contribution in [0.25, 0.3) is 11.4 Å². The van der Waals surface area contributed by atoms with Crippen molar-refractivity contribution in [1.29, 1.82) is 0 Å². The number of rotatable bonds is 2. The molecule has 5 heteroatoms. The topological polar surface area (TPSA) is 51.1 Å². The van der Waals surface area contributed by atoms with Crippen molar-refractivity contribution in [2.24, 2.45) is 0 Å². The van der Waals surface area contributed by atoms with E-state index in [2.05, 4.69) is 10.1 Å². The van der Waals surface area contributed by atoms with Gasteiger partial charge in [0.25, 0.3) is 0 Å². The van der Waals surface area contributed by atoms with Crippen molar-refractivity contribution in [1.82, 2.24) is 10.1 Å². The Morgan fingerprint density at radius 1 is 1.50 bits per heavy atom. The number of aromatic amines is 1. The normalized spacial score (nSPS) is 10.1. The number of hydrogen-bond acceptors (Lipinski definition) is 4. The lowest BCUT2D eigenvalue weighted by Gasteiger charge is -2.00. The van der Waals surface area contributed by atoms with E-state index >= 15 is 0 Å². The molecule has 1 heterocycles. The molecule has 0 aliphatic rings. The Morgan fingerprint density at radius 3 is 3.00 bits per heavy atom. The van der Waals surface area contributed by atoms with Gasteiger partial charge in [-0.2, -0.15) is 4.98 Å². The lowest BCUT2D eigenvalue weighted by Crippen LogP contribution is -1.84. The Labute approximate surface area is 85.5 Å². The predicted octanol–water partition coefficient (Wildman–Crippen LogP) is 2.41. The van der Waals surface area contributed by atoms with Crippen LogP contribution in [0.5, 0.6) is 5.75 Å². The van der Waals surface area contributed by atoms with E-state index in [0.717, 1.165) is 11.3 Å². The summed E-state index contributed by atoms with van der Waals surface area (Å²) < 4.78 is 9.92. The van der Waals surface area contributed by atoms with Gasteiger partial charge in [-0.15, -0.1) is 0 Å². The third-order valence-corrected chi connectivity index (χ3v) is 1.96. The van der Waals surface area contributed by atoms with Crippen molar-refractivity contribution in [3.05, 3.63) is 29.1 Å². The average molecular weight is 208 g/mol. The highest BCUT2D eigenvalue weighted by molar-refractivity contribution is 7.71. The molecule has 0 aliphatic heterocycles. The monoisotopic (exact) mass is 208 g/mol. The first-order chi connectivity index (χ1) is 6.79.